The van der Waals surface area contributed by atoms with Gasteiger partial charge in [0.2, 0.25) is 0 Å². The van der Waals surface area contributed by atoms with Gasteiger partial charge < -0.3 is 5.73 Å². The lowest BCUT2D eigenvalue weighted by Gasteiger charge is -2.24. The molecule has 1 aliphatic carbocycles. The van der Waals surface area contributed by atoms with Crippen molar-refractivity contribution in [3.8, 4) is 0 Å². The van der Waals surface area contributed by atoms with Crippen molar-refractivity contribution in [2.24, 2.45) is 0 Å². The van der Waals surface area contributed by atoms with Gasteiger partial charge in [-0.3, -0.25) is 19.0 Å². The third kappa shape index (κ3) is 2.12. The number of carbonyl (C=O) groups is 2. The summed E-state index contributed by atoms with van der Waals surface area (Å²) in [4.78, 5) is 41.0. The Kier molecular flexibility index (Phi) is 2.35. The van der Waals surface area contributed by atoms with E-state index in [2.05, 4.69) is 4.98 Å². The number of Topliss-reactive ketones (excluding diaryl/α,β-unsaturated/α-hetero) is 2. The van der Waals surface area contributed by atoms with Crippen LogP contribution in [-0.2, 0) is 9.59 Å². The van der Waals surface area contributed by atoms with Crippen molar-refractivity contribution in [1.82, 2.24) is 9.55 Å². The molecule has 0 bridgehead atoms. The van der Waals surface area contributed by atoms with Crippen molar-refractivity contribution in [2.45, 2.75) is 32.2 Å². The highest BCUT2D eigenvalue weighted by molar-refractivity contribution is 6.03. The van der Waals surface area contributed by atoms with Crippen LogP contribution in [0.3, 0.4) is 0 Å². The molecule has 1 saturated carbocycles. The van der Waals surface area contributed by atoms with Crippen molar-refractivity contribution in [3.05, 3.63) is 34.4 Å². The first kappa shape index (κ1) is 10.3. The largest absolute Gasteiger partial charge is 0.398 e. The standard InChI is InChI=1S/C15H15N3O3/c1-8-17-11-4-2-3-10(16)14(11)15(21)18(8)12-6-5-9(19)7-13(12)20/h2-4,12H,5-7,16H2,1H3/i3D,6D2. The normalized spacial score (nSPS) is 23.7. The summed E-state index contributed by atoms with van der Waals surface area (Å²) in [6.07, 6.45) is -3.05. The van der Waals surface area contributed by atoms with E-state index in [0.717, 1.165) is 4.57 Å². The van der Waals surface area contributed by atoms with Crippen LogP contribution >= 0.6 is 0 Å². The number of hydrogen-bond donors (Lipinski definition) is 1. The van der Waals surface area contributed by atoms with Crippen molar-refractivity contribution in [2.75, 3.05) is 5.73 Å². The minimum Gasteiger partial charge on any atom is -0.398 e. The maximum atomic E-state index is 12.9. The van der Waals surface area contributed by atoms with E-state index in [1.54, 1.807) is 0 Å². The SMILES string of the molecule is [2H]c1ccc2nc(C)n(C3C(=O)CC(=O)CC3([2H])[2H])c(=O)c2c1N. The number of hydrogen-bond acceptors (Lipinski definition) is 5. The average Bonchev–Trinajstić information content (AvgIpc) is 2.44. The Bertz CT molecular complexity index is 952. The zero-order valence-corrected chi connectivity index (χ0v) is 11.3. The molecule has 1 heterocycles. The second-order valence-corrected chi connectivity index (χ2v) is 4.95. The summed E-state index contributed by atoms with van der Waals surface area (Å²) in [6, 6.07) is 1.41. The van der Waals surface area contributed by atoms with Crippen molar-refractivity contribution < 1.29 is 13.7 Å². The zero-order chi connectivity index (χ0) is 17.8. The highest BCUT2D eigenvalue weighted by Crippen LogP contribution is 2.24. The summed E-state index contributed by atoms with van der Waals surface area (Å²) in [6.45, 7) is 1.49. The molecule has 0 saturated heterocycles. The molecule has 6 nitrogen and oxygen atoms in total. The molecule has 2 N–H and O–H groups in total. The summed E-state index contributed by atoms with van der Waals surface area (Å²) in [5, 5.41) is -0.0198. The maximum absolute atomic E-state index is 12.9. The molecule has 0 radical (unpaired) electrons. The molecule has 3 rings (SSSR count). The highest BCUT2D eigenvalue weighted by atomic mass is 16.2. The molecular weight excluding hydrogens is 270 g/mol. The Morgan fingerprint density at radius 3 is 2.95 bits per heavy atom. The average molecular weight is 288 g/mol. The fraction of sp³-hybridized carbons (Fsp3) is 0.333. The monoisotopic (exact) mass is 288 g/mol. The Morgan fingerprint density at radius 2 is 2.24 bits per heavy atom. The van der Waals surface area contributed by atoms with Gasteiger partial charge in [-0.25, -0.2) is 4.98 Å². The number of aryl methyl sites for hydroxylation is 1. The number of benzene rings is 1. The first-order chi connectivity index (χ1) is 11.1. The third-order valence-electron chi connectivity index (χ3n) is 3.50. The molecule has 0 amide bonds. The minimum absolute atomic E-state index is 0.0198. The molecule has 0 spiro atoms. The van der Waals surface area contributed by atoms with Crippen LogP contribution in [0, 0.1) is 6.92 Å². The Balaban J connectivity index is 2.34. The van der Waals surface area contributed by atoms with Gasteiger partial charge in [0.15, 0.2) is 5.78 Å². The van der Waals surface area contributed by atoms with Crippen LogP contribution in [-0.4, -0.2) is 21.1 Å². The van der Waals surface area contributed by atoms with Crippen molar-refractivity contribution in [3.63, 3.8) is 0 Å². The number of nitrogen functional groups attached to an aromatic ring is 1. The number of ketones is 2. The molecule has 6 heteroatoms. The lowest BCUT2D eigenvalue weighted by molar-refractivity contribution is -0.132. The molecular formula is C15H15N3O3. The Labute approximate surface area is 124 Å². The van der Waals surface area contributed by atoms with Gasteiger partial charge in [-0.05, 0) is 25.4 Å². The fourth-order valence-electron chi connectivity index (χ4n) is 2.53. The summed E-state index contributed by atoms with van der Waals surface area (Å²) >= 11 is 0. The first-order valence-corrected chi connectivity index (χ1v) is 6.46. The quantitative estimate of drug-likeness (QED) is 0.627. The molecule has 1 unspecified atom stereocenters. The predicted molar refractivity (Wildman–Crippen MR) is 78.1 cm³/mol. The van der Waals surface area contributed by atoms with Crippen LogP contribution < -0.4 is 11.3 Å². The van der Waals surface area contributed by atoms with Gasteiger partial charge in [0, 0.05) is 14.8 Å². The van der Waals surface area contributed by atoms with Crippen molar-refractivity contribution >= 4 is 28.2 Å². The first-order valence-electron chi connectivity index (χ1n) is 7.96. The Morgan fingerprint density at radius 1 is 1.48 bits per heavy atom. The van der Waals surface area contributed by atoms with Crippen molar-refractivity contribution in [1.29, 1.82) is 0 Å². The molecule has 108 valence electrons. The van der Waals surface area contributed by atoms with Gasteiger partial charge in [0.25, 0.3) is 5.56 Å². The van der Waals surface area contributed by atoms with E-state index in [4.69, 9.17) is 9.85 Å². The minimum atomic E-state index is -2.19. The number of rotatable bonds is 1. The smallest absolute Gasteiger partial charge is 0.264 e. The van der Waals surface area contributed by atoms with Gasteiger partial charge in [-0.1, -0.05) is 6.07 Å². The second kappa shape index (κ2) is 4.80. The van der Waals surface area contributed by atoms with E-state index in [1.165, 1.54) is 19.1 Å². The molecule has 1 aromatic carbocycles. The third-order valence-corrected chi connectivity index (χ3v) is 3.50. The zero-order valence-electron chi connectivity index (χ0n) is 14.3. The number of aromatic nitrogens is 2. The highest BCUT2D eigenvalue weighted by Gasteiger charge is 2.30. The summed E-state index contributed by atoms with van der Waals surface area (Å²) in [5.74, 6) is -1.00. The predicted octanol–water partition coefficient (Wildman–Crippen LogP) is 1.15. The Hall–Kier alpha value is -2.50. The van der Waals surface area contributed by atoms with E-state index in [0.29, 0.717) is 0 Å². The molecule has 1 aromatic heterocycles. The fourth-order valence-corrected chi connectivity index (χ4v) is 2.53. The van der Waals surface area contributed by atoms with E-state index >= 15 is 0 Å². The van der Waals surface area contributed by atoms with E-state index in [9.17, 15) is 14.4 Å². The number of carbonyl (C=O) groups excluding carboxylic acids is 2. The van der Waals surface area contributed by atoms with Crippen LogP contribution in [0.4, 0.5) is 5.69 Å². The second-order valence-electron chi connectivity index (χ2n) is 4.95. The van der Waals surface area contributed by atoms with Gasteiger partial charge in [0.05, 0.1) is 24.7 Å². The van der Waals surface area contributed by atoms with Crippen LogP contribution in [0.5, 0.6) is 0 Å². The molecule has 1 aliphatic rings. The number of nitrogens with two attached hydrogens (primary N) is 1. The van der Waals surface area contributed by atoms with Crippen LogP contribution in [0.25, 0.3) is 10.9 Å². The topological polar surface area (TPSA) is 95.0 Å². The van der Waals surface area contributed by atoms with E-state index in [1.807, 2.05) is 0 Å². The molecule has 1 fully saturated rings. The number of anilines is 1. The lowest BCUT2D eigenvalue weighted by Crippen LogP contribution is -2.36. The van der Waals surface area contributed by atoms with Crippen LogP contribution in [0.2, 0.25) is 0 Å². The van der Waals surface area contributed by atoms with Gasteiger partial charge in [-0.2, -0.15) is 0 Å². The molecule has 0 aliphatic heterocycles. The maximum Gasteiger partial charge on any atom is 0.264 e. The summed E-state index contributed by atoms with van der Waals surface area (Å²) in [5.41, 5.74) is 5.35. The summed E-state index contributed by atoms with van der Waals surface area (Å²) < 4.78 is 24.8. The van der Waals surface area contributed by atoms with Gasteiger partial charge >= 0.3 is 0 Å². The number of nitrogens with zero attached hydrogens (tertiary/aromatic N) is 2. The molecule has 21 heavy (non-hydrogen) atoms. The van der Waals surface area contributed by atoms with Crippen LogP contribution in [0.1, 0.15) is 35.2 Å². The summed E-state index contributed by atoms with van der Waals surface area (Å²) in [7, 11) is 0. The van der Waals surface area contributed by atoms with Gasteiger partial charge in [0.1, 0.15) is 11.6 Å². The molecule has 2 aromatic rings. The van der Waals surface area contributed by atoms with E-state index in [-0.39, 0.29) is 28.5 Å². The van der Waals surface area contributed by atoms with Crippen LogP contribution in [0.15, 0.2) is 23.0 Å². The lowest BCUT2D eigenvalue weighted by atomic mass is 9.92. The molecule has 1 atom stereocenters. The number of fused-ring (bicyclic) bond motifs is 1. The van der Waals surface area contributed by atoms with E-state index < -0.39 is 42.4 Å². The van der Waals surface area contributed by atoms with Gasteiger partial charge in [-0.15, -0.1) is 0 Å².